The van der Waals surface area contributed by atoms with Crippen LogP contribution in [0, 0.1) is 0 Å². The maximum Gasteiger partial charge on any atom is 0.226 e. The van der Waals surface area contributed by atoms with Crippen molar-refractivity contribution in [2.24, 2.45) is 10.7 Å². The van der Waals surface area contributed by atoms with Crippen LogP contribution in [-0.2, 0) is 5.79 Å². The molecule has 1 atom stereocenters. The van der Waals surface area contributed by atoms with Gasteiger partial charge in [0.2, 0.25) is 5.79 Å². The van der Waals surface area contributed by atoms with E-state index in [0.29, 0.717) is 12.6 Å². The summed E-state index contributed by atoms with van der Waals surface area (Å²) in [5.41, 5.74) is 15.3. The number of fused-ring (bicyclic) bond motifs is 1. The number of rotatable bonds is 6. The molecule has 9 nitrogen and oxygen atoms in total. The predicted octanol–water partition coefficient (Wildman–Crippen LogP) is 2.91. The van der Waals surface area contributed by atoms with Gasteiger partial charge in [0, 0.05) is 75.0 Å². The summed E-state index contributed by atoms with van der Waals surface area (Å²) in [4.78, 5) is 16.6. The zero-order valence-electron chi connectivity index (χ0n) is 22.4. The minimum Gasteiger partial charge on any atom is -0.493 e. The van der Waals surface area contributed by atoms with Crippen LogP contribution < -0.4 is 20.8 Å². The average Bonchev–Trinajstić information content (AvgIpc) is 3.37. The molecule has 3 aliphatic heterocycles. The molecule has 9 heteroatoms. The van der Waals surface area contributed by atoms with Crippen LogP contribution in [-0.4, -0.2) is 84.6 Å². The molecule has 0 radical (unpaired) electrons. The van der Waals surface area contributed by atoms with Gasteiger partial charge in [-0.05, 0) is 63.2 Å². The van der Waals surface area contributed by atoms with E-state index in [2.05, 4.69) is 56.4 Å². The van der Waals surface area contributed by atoms with Gasteiger partial charge in [0.25, 0.3) is 0 Å². The lowest BCUT2D eigenvalue weighted by Gasteiger charge is -2.42. The fourth-order valence-corrected chi connectivity index (χ4v) is 5.89. The van der Waals surface area contributed by atoms with Crippen LogP contribution in [0.1, 0.15) is 31.0 Å². The number of aromatic nitrogens is 2. The number of benzene rings is 1. The molecule has 6 rings (SSSR count). The molecule has 1 unspecified atom stereocenters. The zero-order valence-corrected chi connectivity index (χ0v) is 22.4. The van der Waals surface area contributed by atoms with Gasteiger partial charge in [0.05, 0.1) is 29.8 Å². The first kappa shape index (κ1) is 24.9. The van der Waals surface area contributed by atoms with Gasteiger partial charge in [-0.25, -0.2) is 4.99 Å². The highest BCUT2D eigenvalue weighted by Crippen LogP contribution is 2.36. The molecule has 2 aromatic heterocycles. The maximum absolute atomic E-state index is 6.92. The van der Waals surface area contributed by atoms with Crippen LogP contribution in [0.3, 0.4) is 0 Å². The van der Waals surface area contributed by atoms with E-state index >= 15 is 0 Å². The Labute approximate surface area is 224 Å². The molecule has 0 aliphatic carbocycles. The van der Waals surface area contributed by atoms with E-state index in [9.17, 15) is 0 Å². The van der Waals surface area contributed by atoms with Crippen LogP contribution >= 0.6 is 0 Å². The van der Waals surface area contributed by atoms with Gasteiger partial charge in [-0.1, -0.05) is 0 Å². The minimum atomic E-state index is -1.17. The van der Waals surface area contributed by atoms with Crippen LogP contribution in [0.2, 0.25) is 0 Å². The number of piperazine rings is 1. The third kappa shape index (κ3) is 4.77. The van der Waals surface area contributed by atoms with Crippen molar-refractivity contribution in [1.29, 1.82) is 0 Å². The Morgan fingerprint density at radius 2 is 1.87 bits per heavy atom. The Morgan fingerprint density at radius 3 is 2.61 bits per heavy atom. The number of anilines is 1. The predicted molar refractivity (Wildman–Crippen MR) is 152 cm³/mol. The number of nitrogens with zero attached hydrogens (tertiary/aromatic N) is 6. The summed E-state index contributed by atoms with van der Waals surface area (Å²) in [6.45, 7) is 9.36. The molecule has 3 aromatic rings. The number of nitrogens with two attached hydrogens (primary N) is 1. The highest BCUT2D eigenvalue weighted by molar-refractivity contribution is 5.82. The van der Waals surface area contributed by atoms with Crippen molar-refractivity contribution in [2.45, 2.75) is 31.6 Å². The molecule has 2 saturated heterocycles. The second-order valence-corrected chi connectivity index (χ2v) is 10.5. The molecule has 38 heavy (non-hydrogen) atoms. The van der Waals surface area contributed by atoms with Crippen molar-refractivity contribution in [3.05, 3.63) is 66.1 Å². The zero-order chi connectivity index (χ0) is 26.1. The number of hydrogen-bond acceptors (Lipinski definition) is 8. The summed E-state index contributed by atoms with van der Waals surface area (Å²) < 4.78 is 8.13. The smallest absolute Gasteiger partial charge is 0.226 e. The molecule has 0 bridgehead atoms. The molecule has 0 spiro atoms. The first-order valence-electron chi connectivity index (χ1n) is 13.7. The van der Waals surface area contributed by atoms with Gasteiger partial charge in [-0.3, -0.25) is 25.7 Å². The molecule has 1 aromatic carbocycles. The van der Waals surface area contributed by atoms with Crippen molar-refractivity contribution in [2.75, 3.05) is 63.2 Å². The van der Waals surface area contributed by atoms with Crippen LogP contribution in [0.5, 0.6) is 5.75 Å². The van der Waals surface area contributed by atoms with Gasteiger partial charge in [-0.15, -0.1) is 0 Å². The van der Waals surface area contributed by atoms with Gasteiger partial charge >= 0.3 is 0 Å². The largest absolute Gasteiger partial charge is 0.493 e. The van der Waals surface area contributed by atoms with Crippen molar-refractivity contribution in [1.82, 2.24) is 19.5 Å². The Morgan fingerprint density at radius 1 is 1.05 bits per heavy atom. The standard InChI is InChI=1S/C29H38N8O/c1-3-38-28-19-24(35-13-10-23(11-14-35)36-17-15-34(2)16-18-36)6-8-26(28)29(30)32-21-25-7-9-27(37(25)33-29)22-5-4-12-31-20-22/h4-9,12,19-21,23,33H,3,10-11,13-18,30H2,1-2H3. The van der Waals surface area contributed by atoms with Gasteiger partial charge < -0.3 is 14.5 Å². The Hall–Kier alpha value is -3.40. The molecule has 5 heterocycles. The molecular formula is C29H38N8O. The molecule has 200 valence electrons. The first-order valence-corrected chi connectivity index (χ1v) is 13.7. The second kappa shape index (κ2) is 10.4. The van der Waals surface area contributed by atoms with Crippen molar-refractivity contribution >= 4 is 11.9 Å². The van der Waals surface area contributed by atoms with E-state index in [-0.39, 0.29) is 0 Å². The highest BCUT2D eigenvalue weighted by Gasteiger charge is 2.35. The second-order valence-electron chi connectivity index (χ2n) is 10.5. The number of nitrogens with one attached hydrogen (secondary N) is 1. The van der Waals surface area contributed by atoms with Crippen LogP contribution in [0.15, 0.2) is 59.9 Å². The quantitative estimate of drug-likeness (QED) is 0.523. The minimum absolute atomic E-state index is 0.553. The summed E-state index contributed by atoms with van der Waals surface area (Å²) in [5, 5.41) is 0. The lowest BCUT2D eigenvalue weighted by molar-refractivity contribution is 0.0982. The van der Waals surface area contributed by atoms with Gasteiger partial charge in [0.15, 0.2) is 0 Å². The fraction of sp³-hybridized carbons (Fsp3) is 0.448. The molecular weight excluding hydrogens is 476 g/mol. The number of pyridine rings is 1. The van der Waals surface area contributed by atoms with Crippen molar-refractivity contribution in [3.63, 3.8) is 0 Å². The molecule has 3 N–H and O–H groups in total. The summed E-state index contributed by atoms with van der Waals surface area (Å²) in [6, 6.07) is 15.1. The summed E-state index contributed by atoms with van der Waals surface area (Å²) in [6.07, 6.45) is 7.83. The van der Waals surface area contributed by atoms with E-state index in [4.69, 9.17) is 15.5 Å². The Balaban J connectivity index is 1.21. The van der Waals surface area contributed by atoms with E-state index < -0.39 is 5.79 Å². The van der Waals surface area contributed by atoms with Gasteiger partial charge in [0.1, 0.15) is 5.75 Å². The number of piperidine rings is 1. The van der Waals surface area contributed by atoms with Gasteiger partial charge in [-0.2, -0.15) is 0 Å². The maximum atomic E-state index is 6.92. The monoisotopic (exact) mass is 514 g/mol. The molecule has 2 fully saturated rings. The van der Waals surface area contributed by atoms with Crippen LogP contribution in [0.4, 0.5) is 5.69 Å². The molecule has 0 amide bonds. The lowest BCUT2D eigenvalue weighted by Crippen LogP contribution is -2.52. The Kier molecular flexibility index (Phi) is 6.82. The van der Waals surface area contributed by atoms with E-state index in [1.54, 1.807) is 6.20 Å². The topological polar surface area (TPSA) is 87.2 Å². The van der Waals surface area contributed by atoms with E-state index in [1.807, 2.05) is 42.2 Å². The third-order valence-corrected chi connectivity index (χ3v) is 8.11. The number of likely N-dealkylation sites (N-methyl/N-ethyl adjacent to an activating group) is 1. The molecule has 0 saturated carbocycles. The average molecular weight is 515 g/mol. The van der Waals surface area contributed by atoms with Crippen LogP contribution in [0.25, 0.3) is 11.3 Å². The third-order valence-electron chi connectivity index (χ3n) is 8.11. The summed E-state index contributed by atoms with van der Waals surface area (Å²) >= 11 is 0. The number of hydrogen-bond donors (Lipinski definition) is 2. The van der Waals surface area contributed by atoms with Crippen molar-refractivity contribution in [3.8, 4) is 17.0 Å². The fourth-order valence-electron chi connectivity index (χ4n) is 5.89. The molecule has 3 aliphatic rings. The normalized spacial score (nSPS) is 22.8. The summed E-state index contributed by atoms with van der Waals surface area (Å²) in [7, 11) is 2.22. The summed E-state index contributed by atoms with van der Waals surface area (Å²) in [5.74, 6) is -0.405. The SMILES string of the molecule is CCOc1cc(N2CCC(N3CCN(C)CC3)CC2)ccc1C1(N)N=Cc2ccc(-c3cccnc3)n2N1. The van der Waals surface area contributed by atoms with E-state index in [1.165, 1.54) is 44.7 Å². The first-order chi connectivity index (χ1) is 18.5. The lowest BCUT2D eigenvalue weighted by atomic mass is 10.0. The van der Waals surface area contributed by atoms with E-state index in [0.717, 1.165) is 41.4 Å². The Bertz CT molecular complexity index is 1270. The highest BCUT2D eigenvalue weighted by atomic mass is 16.5. The number of aliphatic imine (C=N–C) groups is 1. The number of ether oxygens (including phenoxy) is 1. The van der Waals surface area contributed by atoms with Crippen molar-refractivity contribution < 1.29 is 4.74 Å².